The number of carbonyl (C=O) groups excluding carboxylic acids is 13. The molecule has 10 atom stereocenters. The largest absolute Gasteiger partial charge is 0.370 e. The van der Waals surface area contributed by atoms with Crippen molar-refractivity contribution >= 4 is 94.5 Å². The van der Waals surface area contributed by atoms with Crippen molar-refractivity contribution in [3.8, 4) is 0 Å². The number of likely N-dealkylation sites (tertiary alicyclic amines) is 2. The zero-order valence-corrected chi connectivity index (χ0v) is 55.3. The molecule has 0 aliphatic carbocycles. The van der Waals surface area contributed by atoms with Crippen LogP contribution in [0.2, 0.25) is 0 Å². The number of thioether (sulfide) groups is 1. The summed E-state index contributed by atoms with van der Waals surface area (Å²) in [5, 5.41) is 21.1. The first kappa shape index (κ1) is 78.5. The summed E-state index contributed by atoms with van der Waals surface area (Å²) in [7, 11) is 0. The van der Waals surface area contributed by atoms with Gasteiger partial charge < -0.3 is 92.5 Å². The van der Waals surface area contributed by atoms with Crippen LogP contribution in [0.15, 0.2) is 65.7 Å². The van der Waals surface area contributed by atoms with Crippen molar-refractivity contribution in [2.45, 2.75) is 183 Å². The summed E-state index contributed by atoms with van der Waals surface area (Å²) in [6.07, 6.45) is 3.12. The maximum atomic E-state index is 14.7. The Hall–Kier alpha value is -8.91. The average Bonchev–Trinajstić information content (AvgIpc) is 1.74. The molecule has 95 heavy (non-hydrogen) atoms. The van der Waals surface area contributed by atoms with E-state index in [2.05, 4.69) is 47.5 Å². The van der Waals surface area contributed by atoms with Gasteiger partial charge in [-0.15, -0.1) is 0 Å². The molecule has 0 saturated carbocycles. The fourth-order valence-electron chi connectivity index (χ4n) is 11.0. The van der Waals surface area contributed by atoms with Gasteiger partial charge in [0.05, 0.1) is 12.6 Å². The summed E-state index contributed by atoms with van der Waals surface area (Å²) < 4.78 is 0. The number of amides is 13. The van der Waals surface area contributed by atoms with E-state index in [1.807, 2.05) is 20.1 Å². The molecule has 0 aromatic heterocycles. The fraction of sp³-hybridized carbons (Fsp3) is 0.587. The second-order valence-corrected chi connectivity index (χ2v) is 25.1. The van der Waals surface area contributed by atoms with Crippen LogP contribution in [-0.2, 0) is 75.2 Å². The molecule has 4 rings (SSSR count). The Morgan fingerprint density at radius 3 is 1.51 bits per heavy atom. The lowest BCUT2D eigenvalue weighted by atomic mass is 10.0. The number of nitrogens with two attached hydrogens (primary N) is 7. The highest BCUT2D eigenvalue weighted by atomic mass is 32.2. The zero-order valence-electron chi connectivity index (χ0n) is 54.5. The van der Waals surface area contributed by atoms with Crippen LogP contribution < -0.4 is 82.7 Å². The molecule has 0 unspecified atom stereocenters. The molecule has 13 amide bonds. The van der Waals surface area contributed by atoms with Crippen molar-refractivity contribution in [3.63, 3.8) is 0 Å². The highest BCUT2D eigenvalue weighted by Crippen LogP contribution is 2.24. The topological polar surface area (TPSA) is 519 Å². The minimum atomic E-state index is -1.64. The predicted octanol–water partition coefficient (Wildman–Crippen LogP) is -3.71. The normalized spacial score (nSPS) is 16.8. The van der Waals surface area contributed by atoms with Gasteiger partial charge in [0.1, 0.15) is 54.4 Å². The second kappa shape index (κ2) is 41.0. The molecule has 31 nitrogen and oxygen atoms in total. The number of hydrogen-bond donors (Lipinski definition) is 15. The smallest absolute Gasteiger partial charge is 0.245 e. The number of hydrogen-bond acceptors (Lipinski definition) is 17. The van der Waals surface area contributed by atoms with Crippen LogP contribution in [0, 0.1) is 5.92 Å². The Labute approximate surface area is 558 Å². The van der Waals surface area contributed by atoms with E-state index in [9.17, 15) is 62.3 Å². The lowest BCUT2D eigenvalue weighted by Gasteiger charge is -2.32. The first-order valence-electron chi connectivity index (χ1n) is 32.2. The first-order valence-corrected chi connectivity index (χ1v) is 33.6. The van der Waals surface area contributed by atoms with Crippen molar-refractivity contribution in [1.82, 2.24) is 52.3 Å². The Morgan fingerprint density at radius 1 is 0.537 bits per heavy atom. The molecule has 2 fully saturated rings. The van der Waals surface area contributed by atoms with Gasteiger partial charge in [0, 0.05) is 45.3 Å². The van der Waals surface area contributed by atoms with E-state index in [1.54, 1.807) is 60.7 Å². The van der Waals surface area contributed by atoms with Gasteiger partial charge in [0.2, 0.25) is 76.8 Å². The number of unbranched alkanes of at least 4 members (excludes halogenated alkanes) is 1. The summed E-state index contributed by atoms with van der Waals surface area (Å²) in [5.74, 6) is -9.80. The SMILES string of the molecule is CSCC[C@H](NC(=O)[C@@H](CC(C)C)NC(=O)CNC(=O)[C@H](Cc1ccccc1)NC(=O)[C@H](Cc1ccccc1)NC(=O)[C@H](CCC(N)=O)NC(=O)[C@@H](CCC(N)=O)NC(=O)[C@H]1CCCN1C(=O)[C@H](CCCCN)NC(=O)[C@@H]1CCCN1C(=O)[C@H](N)CCCN=C(N)N)C(N)=O. The monoisotopic (exact) mass is 1350 g/mol. The highest BCUT2D eigenvalue weighted by molar-refractivity contribution is 7.98. The van der Waals surface area contributed by atoms with Crippen LogP contribution in [0.3, 0.4) is 0 Å². The second-order valence-electron chi connectivity index (χ2n) is 24.1. The summed E-state index contributed by atoms with van der Waals surface area (Å²) in [4.78, 5) is 185. The Bertz CT molecular complexity index is 2960. The van der Waals surface area contributed by atoms with Crippen LogP contribution in [0.5, 0.6) is 0 Å². The summed E-state index contributed by atoms with van der Waals surface area (Å²) >= 11 is 1.45. The molecule has 2 aromatic rings. The molecule has 2 saturated heterocycles. The minimum Gasteiger partial charge on any atom is -0.370 e. The van der Waals surface area contributed by atoms with E-state index in [1.165, 1.54) is 21.6 Å². The van der Waals surface area contributed by atoms with Gasteiger partial charge in [0.25, 0.3) is 0 Å². The van der Waals surface area contributed by atoms with Crippen molar-refractivity contribution in [2.75, 3.05) is 44.7 Å². The first-order chi connectivity index (χ1) is 45.2. The molecule has 2 aliphatic rings. The van der Waals surface area contributed by atoms with Gasteiger partial charge in [-0.25, -0.2) is 0 Å². The summed E-state index contributed by atoms with van der Waals surface area (Å²) in [6, 6.07) is 4.51. The van der Waals surface area contributed by atoms with Crippen molar-refractivity contribution in [3.05, 3.63) is 71.8 Å². The van der Waals surface area contributed by atoms with E-state index in [0.29, 0.717) is 55.4 Å². The Kier molecular flexibility index (Phi) is 33.9. The number of rotatable bonds is 42. The van der Waals surface area contributed by atoms with E-state index in [4.69, 9.17) is 40.1 Å². The average molecular weight is 1350 g/mol. The van der Waals surface area contributed by atoms with Gasteiger partial charge in [-0.2, -0.15) is 11.8 Å². The van der Waals surface area contributed by atoms with Gasteiger partial charge >= 0.3 is 0 Å². The number of nitrogens with one attached hydrogen (secondary N) is 8. The molecule has 0 radical (unpaired) electrons. The molecular weight excluding hydrogens is 1250 g/mol. The number of primary amides is 3. The molecule has 2 aromatic carbocycles. The summed E-state index contributed by atoms with van der Waals surface area (Å²) in [6.45, 7) is 3.86. The highest BCUT2D eigenvalue weighted by Gasteiger charge is 2.42. The molecule has 524 valence electrons. The van der Waals surface area contributed by atoms with Gasteiger partial charge in [-0.05, 0) is 119 Å². The Morgan fingerprint density at radius 2 is 1.01 bits per heavy atom. The lowest BCUT2D eigenvalue weighted by Crippen LogP contribution is -2.60. The standard InChI is InChI=1S/C63H98N18O13S/c1-37(2)33-45(57(89)74-41(53(68)85)27-32-95-3)73-52(84)36-72-54(86)46(34-38-15-6-4-7-16-38)78-58(90)47(35-39-17-8-5-9-18-39)79-56(88)42(23-25-50(66)82)75-55(87)43(24-26-51(67)83)76-59(91)49-22-14-31-81(49)62(94)44(20-10-11-28-64)77-60(92)48-21-13-30-80(48)61(93)40(65)19-12-29-71-63(69)70/h4-9,15-18,37,40-49H,10-14,19-36,64-65H2,1-3H3,(H2,66,82)(H2,67,83)(H2,68,85)(H,72,86)(H,73,84)(H,74,89)(H,75,87)(H,76,91)(H,77,92)(H,78,90)(H,79,88)(H4,69,70,71)/t40-,41+,42+,43-,44+,45-,46+,47+,48+,49-/m1/s1. The number of benzene rings is 2. The maximum absolute atomic E-state index is 14.7. The van der Waals surface area contributed by atoms with Crippen LogP contribution in [-0.4, -0.2) is 198 Å². The predicted molar refractivity (Wildman–Crippen MR) is 356 cm³/mol. The van der Waals surface area contributed by atoms with E-state index in [0.717, 1.165) is 0 Å². The molecule has 0 spiro atoms. The number of aliphatic imine (C=N–C) groups is 1. The van der Waals surface area contributed by atoms with Gasteiger partial charge in [-0.3, -0.25) is 67.3 Å². The molecule has 0 bridgehead atoms. The van der Waals surface area contributed by atoms with E-state index in [-0.39, 0.29) is 83.0 Å². The van der Waals surface area contributed by atoms with Gasteiger partial charge in [0.15, 0.2) is 5.96 Å². The van der Waals surface area contributed by atoms with Crippen molar-refractivity contribution < 1.29 is 62.3 Å². The van der Waals surface area contributed by atoms with Crippen LogP contribution >= 0.6 is 11.8 Å². The third-order valence-corrected chi connectivity index (χ3v) is 16.7. The number of guanidine groups is 1. The summed E-state index contributed by atoms with van der Waals surface area (Å²) in [5.41, 5.74) is 40.6. The van der Waals surface area contributed by atoms with Gasteiger partial charge in [-0.1, -0.05) is 74.5 Å². The van der Waals surface area contributed by atoms with Crippen molar-refractivity contribution in [2.24, 2.45) is 51.0 Å². The maximum Gasteiger partial charge on any atom is 0.245 e. The molecule has 32 heteroatoms. The Balaban J connectivity index is 1.56. The van der Waals surface area contributed by atoms with Crippen molar-refractivity contribution in [1.29, 1.82) is 0 Å². The van der Waals surface area contributed by atoms with E-state index >= 15 is 0 Å². The van der Waals surface area contributed by atoms with E-state index < -0.39 is 169 Å². The number of carbonyl (C=O) groups is 13. The minimum absolute atomic E-state index is 0.0736. The third-order valence-electron chi connectivity index (χ3n) is 16.0. The lowest BCUT2D eigenvalue weighted by molar-refractivity contribution is -0.144. The van der Waals surface area contributed by atoms with Crippen LogP contribution in [0.1, 0.15) is 121 Å². The molecule has 2 heterocycles. The zero-order chi connectivity index (χ0) is 70.1. The third kappa shape index (κ3) is 27.5. The number of nitrogens with zero attached hydrogens (tertiary/aromatic N) is 3. The van der Waals surface area contributed by atoms with Crippen LogP contribution in [0.4, 0.5) is 0 Å². The quantitative estimate of drug-likeness (QED) is 0.0173. The fourth-order valence-corrected chi connectivity index (χ4v) is 11.5. The molecular formula is C63H98N18O13S. The molecule has 22 N–H and O–H groups in total. The van der Waals surface area contributed by atoms with Crippen LogP contribution in [0.25, 0.3) is 0 Å². The molecule has 2 aliphatic heterocycles.